The van der Waals surface area contributed by atoms with Gasteiger partial charge in [-0.3, -0.25) is 0 Å². The standard InChI is InChI=1S/C11H14F3NO3S/c1-8(18-2)7-15-19(16,17)10-5-3-9(4-6-10)11(12,13)14/h3-6,8,15H,7H2,1-2H3. The predicted molar refractivity (Wildman–Crippen MR) is 63.1 cm³/mol. The van der Waals surface area contributed by atoms with Crippen LogP contribution in [-0.2, 0) is 20.9 Å². The molecule has 0 aliphatic heterocycles. The van der Waals surface area contributed by atoms with Crippen molar-refractivity contribution >= 4 is 10.0 Å². The second-order valence-corrected chi connectivity index (χ2v) is 5.69. The van der Waals surface area contributed by atoms with Crippen LogP contribution in [-0.4, -0.2) is 28.2 Å². The molecule has 0 radical (unpaired) electrons. The molecule has 0 heterocycles. The predicted octanol–water partition coefficient (Wildman–Crippen LogP) is 2.02. The third kappa shape index (κ3) is 4.48. The van der Waals surface area contributed by atoms with E-state index in [2.05, 4.69) is 4.72 Å². The van der Waals surface area contributed by atoms with Gasteiger partial charge in [0.05, 0.1) is 16.6 Å². The quantitative estimate of drug-likeness (QED) is 0.904. The number of hydrogen-bond donors (Lipinski definition) is 1. The van der Waals surface area contributed by atoms with E-state index in [1.165, 1.54) is 7.11 Å². The highest BCUT2D eigenvalue weighted by Crippen LogP contribution is 2.29. The van der Waals surface area contributed by atoms with Gasteiger partial charge in [0.25, 0.3) is 0 Å². The Bertz CT molecular complexity index is 511. The summed E-state index contributed by atoms with van der Waals surface area (Å²) < 4.78 is 67.7. The summed E-state index contributed by atoms with van der Waals surface area (Å²) in [6, 6.07) is 3.30. The molecular formula is C11H14F3NO3S. The molecule has 1 aromatic rings. The van der Waals surface area contributed by atoms with E-state index in [9.17, 15) is 21.6 Å². The van der Waals surface area contributed by atoms with E-state index >= 15 is 0 Å². The minimum absolute atomic E-state index is 0.0415. The van der Waals surface area contributed by atoms with E-state index in [1.807, 2.05) is 0 Å². The van der Waals surface area contributed by atoms with Crippen molar-refractivity contribution in [3.8, 4) is 0 Å². The average Bonchev–Trinajstić information content (AvgIpc) is 2.35. The number of benzene rings is 1. The van der Waals surface area contributed by atoms with Gasteiger partial charge in [0, 0.05) is 13.7 Å². The Kier molecular flexibility index (Phi) is 4.94. The smallest absolute Gasteiger partial charge is 0.380 e. The summed E-state index contributed by atoms with van der Waals surface area (Å²) in [6.45, 7) is 1.70. The number of alkyl halides is 3. The lowest BCUT2D eigenvalue weighted by atomic mass is 10.2. The van der Waals surface area contributed by atoms with Crippen LogP contribution in [0.4, 0.5) is 13.2 Å². The minimum Gasteiger partial charge on any atom is -0.380 e. The molecule has 0 aliphatic carbocycles. The Labute approximate surface area is 109 Å². The van der Waals surface area contributed by atoms with E-state index < -0.39 is 21.8 Å². The molecule has 19 heavy (non-hydrogen) atoms. The van der Waals surface area contributed by atoms with E-state index in [-0.39, 0.29) is 17.5 Å². The first-order valence-electron chi connectivity index (χ1n) is 5.36. The van der Waals surface area contributed by atoms with Crippen molar-refractivity contribution in [1.82, 2.24) is 4.72 Å². The summed E-state index contributed by atoms with van der Waals surface area (Å²) in [4.78, 5) is -0.219. The van der Waals surface area contributed by atoms with Gasteiger partial charge in [-0.15, -0.1) is 0 Å². The molecule has 0 saturated carbocycles. The van der Waals surface area contributed by atoms with Gasteiger partial charge in [-0.05, 0) is 31.2 Å². The van der Waals surface area contributed by atoms with Crippen molar-refractivity contribution in [2.24, 2.45) is 0 Å². The van der Waals surface area contributed by atoms with Crippen LogP contribution in [0.3, 0.4) is 0 Å². The lowest BCUT2D eigenvalue weighted by Crippen LogP contribution is -2.31. The number of ether oxygens (including phenoxy) is 1. The number of halogens is 3. The summed E-state index contributed by atoms with van der Waals surface area (Å²) in [7, 11) is -2.40. The van der Waals surface area contributed by atoms with E-state index in [1.54, 1.807) is 6.92 Å². The molecule has 0 bridgehead atoms. The number of methoxy groups -OCH3 is 1. The molecule has 1 rings (SSSR count). The first-order valence-corrected chi connectivity index (χ1v) is 6.85. The van der Waals surface area contributed by atoms with Gasteiger partial charge < -0.3 is 4.74 Å². The van der Waals surface area contributed by atoms with E-state index in [4.69, 9.17) is 4.74 Å². The minimum atomic E-state index is -4.49. The largest absolute Gasteiger partial charge is 0.416 e. The van der Waals surface area contributed by atoms with Gasteiger partial charge in [-0.25, -0.2) is 13.1 Å². The first-order chi connectivity index (χ1) is 8.66. The fourth-order valence-corrected chi connectivity index (χ4v) is 2.33. The third-order valence-corrected chi connectivity index (χ3v) is 3.89. The van der Waals surface area contributed by atoms with Crippen LogP contribution < -0.4 is 4.72 Å². The third-order valence-electron chi connectivity index (χ3n) is 2.46. The zero-order chi connectivity index (χ0) is 14.7. The molecule has 4 nitrogen and oxygen atoms in total. The van der Waals surface area contributed by atoms with Gasteiger partial charge in [0.1, 0.15) is 0 Å². The molecule has 1 N–H and O–H groups in total. The maximum absolute atomic E-state index is 12.3. The highest BCUT2D eigenvalue weighted by molar-refractivity contribution is 7.89. The molecule has 8 heteroatoms. The Morgan fingerprint density at radius 3 is 2.21 bits per heavy atom. The Morgan fingerprint density at radius 2 is 1.79 bits per heavy atom. The van der Waals surface area contributed by atoms with Gasteiger partial charge in [-0.2, -0.15) is 13.2 Å². The number of hydrogen-bond acceptors (Lipinski definition) is 3. The summed E-state index contributed by atoms with van der Waals surface area (Å²) >= 11 is 0. The zero-order valence-corrected chi connectivity index (χ0v) is 11.2. The molecular weight excluding hydrogens is 283 g/mol. The van der Waals surface area contributed by atoms with Crippen LogP contribution in [0.1, 0.15) is 12.5 Å². The molecule has 1 aromatic carbocycles. The lowest BCUT2D eigenvalue weighted by molar-refractivity contribution is -0.137. The molecule has 0 aromatic heterocycles. The van der Waals surface area contributed by atoms with Crippen LogP contribution in [0.2, 0.25) is 0 Å². The Balaban J connectivity index is 2.85. The second-order valence-electron chi connectivity index (χ2n) is 3.92. The molecule has 1 unspecified atom stereocenters. The first kappa shape index (κ1) is 15.9. The van der Waals surface area contributed by atoms with Crippen molar-refractivity contribution in [2.45, 2.75) is 24.1 Å². The van der Waals surface area contributed by atoms with Crippen molar-refractivity contribution in [1.29, 1.82) is 0 Å². The van der Waals surface area contributed by atoms with Crippen LogP contribution in [0.5, 0.6) is 0 Å². The second kappa shape index (κ2) is 5.89. The normalized spacial score (nSPS) is 14.4. The van der Waals surface area contributed by atoms with Crippen molar-refractivity contribution in [3.63, 3.8) is 0 Å². The monoisotopic (exact) mass is 297 g/mol. The summed E-state index contributed by atoms with van der Waals surface area (Å²) in [5.41, 5.74) is -0.892. The van der Waals surface area contributed by atoms with Gasteiger partial charge in [0.2, 0.25) is 10.0 Å². The van der Waals surface area contributed by atoms with E-state index in [0.717, 1.165) is 24.3 Å². The van der Waals surface area contributed by atoms with Crippen LogP contribution in [0, 0.1) is 0 Å². The van der Waals surface area contributed by atoms with Gasteiger partial charge in [-0.1, -0.05) is 0 Å². The molecule has 1 atom stereocenters. The average molecular weight is 297 g/mol. The zero-order valence-electron chi connectivity index (χ0n) is 10.4. The van der Waals surface area contributed by atoms with Crippen LogP contribution >= 0.6 is 0 Å². The van der Waals surface area contributed by atoms with Crippen molar-refractivity contribution in [2.75, 3.05) is 13.7 Å². The molecule has 0 spiro atoms. The number of rotatable bonds is 5. The molecule has 0 fully saturated rings. The van der Waals surface area contributed by atoms with Crippen LogP contribution in [0.25, 0.3) is 0 Å². The molecule has 0 amide bonds. The highest BCUT2D eigenvalue weighted by Gasteiger charge is 2.30. The lowest BCUT2D eigenvalue weighted by Gasteiger charge is -2.12. The maximum atomic E-state index is 12.3. The maximum Gasteiger partial charge on any atom is 0.416 e. The van der Waals surface area contributed by atoms with Gasteiger partial charge in [0.15, 0.2) is 0 Å². The van der Waals surface area contributed by atoms with E-state index in [0.29, 0.717) is 0 Å². The fourth-order valence-electron chi connectivity index (χ4n) is 1.22. The summed E-state index contributed by atoms with van der Waals surface area (Å²) in [6.07, 6.45) is -4.82. The SMILES string of the molecule is COC(C)CNS(=O)(=O)c1ccc(C(F)(F)F)cc1. The van der Waals surface area contributed by atoms with Crippen molar-refractivity contribution in [3.05, 3.63) is 29.8 Å². The Hall–Kier alpha value is -1.12. The summed E-state index contributed by atoms with van der Waals surface area (Å²) in [5.74, 6) is 0. The van der Waals surface area contributed by atoms with Gasteiger partial charge >= 0.3 is 6.18 Å². The topological polar surface area (TPSA) is 55.4 Å². The number of sulfonamides is 1. The summed E-state index contributed by atoms with van der Waals surface area (Å²) in [5, 5.41) is 0. The number of nitrogens with one attached hydrogen (secondary N) is 1. The highest BCUT2D eigenvalue weighted by atomic mass is 32.2. The molecule has 0 aliphatic rings. The molecule has 0 saturated heterocycles. The van der Waals surface area contributed by atoms with Crippen LogP contribution in [0.15, 0.2) is 29.2 Å². The van der Waals surface area contributed by atoms with Crippen molar-refractivity contribution < 1.29 is 26.3 Å². The fraction of sp³-hybridized carbons (Fsp3) is 0.455. The Morgan fingerprint density at radius 1 is 1.26 bits per heavy atom. The molecule has 108 valence electrons.